The molecule has 4 rings (SSSR count). The van der Waals surface area contributed by atoms with Gasteiger partial charge in [-0.05, 0) is 57.5 Å². The number of carbonyl (C=O) groups is 1. The quantitative estimate of drug-likeness (QED) is 0.438. The van der Waals surface area contributed by atoms with Crippen LogP contribution in [0.2, 0.25) is 0 Å². The van der Waals surface area contributed by atoms with E-state index in [1.807, 2.05) is 55.7 Å². The Morgan fingerprint density at radius 3 is 2.71 bits per heavy atom. The Kier molecular flexibility index (Phi) is 6.08. The second-order valence-corrected chi connectivity index (χ2v) is 7.32. The molecule has 0 saturated heterocycles. The minimum Gasteiger partial charge on any atom is -0.382 e. The van der Waals surface area contributed by atoms with Crippen LogP contribution in [0.1, 0.15) is 35.1 Å². The number of nitrogens with zero attached hydrogens (tertiary/aromatic N) is 5. The summed E-state index contributed by atoms with van der Waals surface area (Å²) in [5, 5.41) is 7.37. The monoisotopic (exact) mass is 418 g/mol. The van der Waals surface area contributed by atoms with Crippen molar-refractivity contribution in [2.45, 2.75) is 33.7 Å². The molecule has 4 aromatic rings. The molecular formula is C23H26N6O2. The zero-order valence-corrected chi connectivity index (χ0v) is 18.0. The molecule has 0 aliphatic heterocycles. The molecule has 31 heavy (non-hydrogen) atoms. The molecule has 0 atom stereocenters. The molecule has 0 bridgehead atoms. The molecular weight excluding hydrogens is 392 g/mol. The molecule has 1 amide bonds. The number of hydrogen-bond donors (Lipinski definition) is 1. The highest BCUT2D eigenvalue weighted by molar-refractivity contribution is 6.04. The summed E-state index contributed by atoms with van der Waals surface area (Å²) in [7, 11) is 0. The molecule has 0 unspecified atom stereocenters. The van der Waals surface area contributed by atoms with Crippen LogP contribution in [0.3, 0.4) is 0 Å². The van der Waals surface area contributed by atoms with Crippen molar-refractivity contribution in [1.29, 1.82) is 0 Å². The lowest BCUT2D eigenvalue weighted by molar-refractivity contribution is 0.102. The van der Waals surface area contributed by atoms with Gasteiger partial charge >= 0.3 is 0 Å². The minimum absolute atomic E-state index is 0.256. The smallest absolute Gasteiger partial charge is 0.259 e. The number of anilines is 1. The summed E-state index contributed by atoms with van der Waals surface area (Å²) in [6.45, 7) is 7.94. The van der Waals surface area contributed by atoms with E-state index in [2.05, 4.69) is 20.4 Å². The van der Waals surface area contributed by atoms with Gasteiger partial charge in [0.1, 0.15) is 0 Å². The van der Waals surface area contributed by atoms with Crippen LogP contribution in [-0.4, -0.2) is 43.4 Å². The van der Waals surface area contributed by atoms with E-state index in [0.29, 0.717) is 37.1 Å². The Balaban J connectivity index is 1.54. The van der Waals surface area contributed by atoms with E-state index in [4.69, 9.17) is 4.74 Å². The maximum Gasteiger partial charge on any atom is 0.259 e. The fraction of sp³-hybridized carbons (Fsp3) is 0.304. The highest BCUT2D eigenvalue weighted by atomic mass is 16.5. The summed E-state index contributed by atoms with van der Waals surface area (Å²) in [5.74, 6) is 0.935. The molecule has 0 saturated carbocycles. The molecule has 3 aromatic heterocycles. The van der Waals surface area contributed by atoms with Crippen molar-refractivity contribution in [1.82, 2.24) is 24.3 Å². The third-order valence-electron chi connectivity index (χ3n) is 4.99. The highest BCUT2D eigenvalue weighted by Crippen LogP contribution is 2.21. The van der Waals surface area contributed by atoms with E-state index in [0.717, 1.165) is 28.8 Å². The first-order chi connectivity index (χ1) is 15.1. The van der Waals surface area contributed by atoms with Crippen molar-refractivity contribution in [2.75, 3.05) is 18.5 Å². The van der Waals surface area contributed by atoms with Gasteiger partial charge in [0.2, 0.25) is 5.95 Å². The predicted octanol–water partition coefficient (Wildman–Crippen LogP) is 3.91. The second-order valence-electron chi connectivity index (χ2n) is 7.32. The summed E-state index contributed by atoms with van der Waals surface area (Å²) in [4.78, 5) is 21.9. The van der Waals surface area contributed by atoms with Crippen molar-refractivity contribution in [3.63, 3.8) is 0 Å². The molecule has 8 heteroatoms. The number of nitrogens with one attached hydrogen (secondary N) is 1. The van der Waals surface area contributed by atoms with Gasteiger partial charge in [-0.3, -0.25) is 10.1 Å². The topological polar surface area (TPSA) is 86.9 Å². The Hall–Kier alpha value is -3.52. The molecule has 0 aliphatic rings. The standard InChI is InChI=1S/C23H26N6O2/c1-4-31-13-7-12-28-20-9-6-5-8-19(20)25-23(28)26-22(30)18-10-11-21(24-15-18)29-17(3)14-16(2)27-29/h5-6,8-11,14-15H,4,7,12-13H2,1-3H3,(H,25,26,30). The normalized spacial score (nSPS) is 11.2. The maximum absolute atomic E-state index is 12.9. The van der Waals surface area contributed by atoms with Gasteiger partial charge in [-0.1, -0.05) is 12.1 Å². The number of ether oxygens (including phenoxy) is 1. The van der Waals surface area contributed by atoms with Gasteiger partial charge in [0.25, 0.3) is 5.91 Å². The van der Waals surface area contributed by atoms with E-state index in [1.165, 1.54) is 0 Å². The molecule has 0 radical (unpaired) electrons. The molecule has 0 aliphatic carbocycles. The fourth-order valence-corrected chi connectivity index (χ4v) is 3.55. The lowest BCUT2D eigenvalue weighted by Gasteiger charge is -2.10. The number of imidazole rings is 1. The minimum atomic E-state index is -0.256. The number of hydrogen-bond acceptors (Lipinski definition) is 5. The van der Waals surface area contributed by atoms with Crippen LogP contribution in [-0.2, 0) is 11.3 Å². The average molecular weight is 419 g/mol. The van der Waals surface area contributed by atoms with Crippen LogP contribution in [0.4, 0.5) is 5.95 Å². The van der Waals surface area contributed by atoms with Crippen molar-refractivity contribution in [3.05, 3.63) is 65.6 Å². The van der Waals surface area contributed by atoms with Gasteiger partial charge in [-0.2, -0.15) is 5.10 Å². The third kappa shape index (κ3) is 4.49. The summed E-state index contributed by atoms with van der Waals surface area (Å²) in [5.41, 5.74) is 4.19. The Morgan fingerprint density at radius 1 is 1.16 bits per heavy atom. The van der Waals surface area contributed by atoms with Crippen molar-refractivity contribution in [2.24, 2.45) is 0 Å². The molecule has 0 spiro atoms. The van der Waals surface area contributed by atoms with Crippen LogP contribution >= 0.6 is 0 Å². The van der Waals surface area contributed by atoms with Gasteiger partial charge in [0.05, 0.1) is 22.3 Å². The van der Waals surface area contributed by atoms with Crippen molar-refractivity contribution in [3.8, 4) is 5.82 Å². The lowest BCUT2D eigenvalue weighted by atomic mass is 10.2. The van der Waals surface area contributed by atoms with E-state index in [1.54, 1.807) is 23.0 Å². The number of benzene rings is 1. The summed E-state index contributed by atoms with van der Waals surface area (Å²) in [6.07, 6.45) is 2.39. The number of para-hydroxylation sites is 2. The van der Waals surface area contributed by atoms with Crippen molar-refractivity contribution >= 4 is 22.9 Å². The Bertz CT molecular complexity index is 1190. The number of aromatic nitrogens is 5. The SMILES string of the molecule is CCOCCCn1c(NC(=O)c2ccc(-n3nc(C)cc3C)nc2)nc2ccccc21. The number of pyridine rings is 1. The number of aryl methyl sites for hydroxylation is 3. The summed E-state index contributed by atoms with van der Waals surface area (Å²) in [6, 6.07) is 13.4. The number of rotatable bonds is 8. The van der Waals surface area contributed by atoms with E-state index >= 15 is 0 Å². The van der Waals surface area contributed by atoms with Crippen LogP contribution in [0.5, 0.6) is 0 Å². The average Bonchev–Trinajstić information content (AvgIpc) is 3.29. The third-order valence-corrected chi connectivity index (χ3v) is 4.99. The predicted molar refractivity (Wildman–Crippen MR) is 120 cm³/mol. The molecule has 3 heterocycles. The first-order valence-electron chi connectivity index (χ1n) is 10.4. The zero-order valence-electron chi connectivity index (χ0n) is 18.0. The number of fused-ring (bicyclic) bond motifs is 1. The van der Waals surface area contributed by atoms with Crippen molar-refractivity contribution < 1.29 is 9.53 Å². The Morgan fingerprint density at radius 2 is 2.00 bits per heavy atom. The molecule has 160 valence electrons. The Labute approximate surface area is 180 Å². The van der Waals surface area contributed by atoms with Crippen LogP contribution in [0, 0.1) is 13.8 Å². The summed E-state index contributed by atoms with van der Waals surface area (Å²) >= 11 is 0. The molecule has 8 nitrogen and oxygen atoms in total. The fourth-order valence-electron chi connectivity index (χ4n) is 3.55. The first kappa shape index (κ1) is 20.7. The zero-order chi connectivity index (χ0) is 21.8. The van der Waals surface area contributed by atoms with Gasteiger partial charge in [-0.15, -0.1) is 0 Å². The van der Waals surface area contributed by atoms with Gasteiger partial charge < -0.3 is 9.30 Å². The molecule has 1 aromatic carbocycles. The van der Waals surface area contributed by atoms with Crippen LogP contribution in [0.25, 0.3) is 16.9 Å². The van der Waals surface area contributed by atoms with Gasteiger partial charge in [-0.25, -0.2) is 14.6 Å². The maximum atomic E-state index is 12.9. The number of amides is 1. The van der Waals surface area contributed by atoms with Gasteiger partial charge in [0, 0.05) is 31.6 Å². The van der Waals surface area contributed by atoms with E-state index in [-0.39, 0.29) is 5.91 Å². The highest BCUT2D eigenvalue weighted by Gasteiger charge is 2.15. The molecule has 1 N–H and O–H groups in total. The second kappa shape index (κ2) is 9.09. The summed E-state index contributed by atoms with van der Waals surface area (Å²) < 4.78 is 9.23. The van der Waals surface area contributed by atoms with E-state index in [9.17, 15) is 4.79 Å². The molecule has 0 fully saturated rings. The van der Waals surface area contributed by atoms with E-state index < -0.39 is 0 Å². The van der Waals surface area contributed by atoms with Crippen LogP contribution < -0.4 is 5.32 Å². The number of carbonyl (C=O) groups excluding carboxylic acids is 1. The first-order valence-corrected chi connectivity index (χ1v) is 10.4. The lowest BCUT2D eigenvalue weighted by Crippen LogP contribution is -2.17. The van der Waals surface area contributed by atoms with Gasteiger partial charge in [0.15, 0.2) is 5.82 Å². The largest absolute Gasteiger partial charge is 0.382 e. The van der Waals surface area contributed by atoms with Crippen LogP contribution in [0.15, 0.2) is 48.7 Å².